The maximum atomic E-state index is 12.9. The first-order valence-corrected chi connectivity index (χ1v) is 9.65. The Morgan fingerprint density at radius 1 is 1.29 bits per heavy atom. The third-order valence-corrected chi connectivity index (χ3v) is 6.67. The summed E-state index contributed by atoms with van der Waals surface area (Å²) in [5, 5.41) is 15.8. The van der Waals surface area contributed by atoms with Crippen molar-refractivity contribution in [2.75, 3.05) is 0 Å². The number of nitrogens with one attached hydrogen (secondary N) is 1. The minimum absolute atomic E-state index is 0.273. The number of hydrogen-bond donors (Lipinski definition) is 2. The highest BCUT2D eigenvalue weighted by atomic mass is 32.2. The molecule has 0 unspecified atom stereocenters. The number of aryl methyl sites for hydroxylation is 1. The molecular formula is C19H19N3O5S. The van der Waals surface area contributed by atoms with E-state index in [1.807, 2.05) is 30.3 Å². The van der Waals surface area contributed by atoms with Gasteiger partial charge in [-0.15, -0.1) is 11.8 Å². The standard InChI is InChI=1S/C19H19N3O5S/c1-9-11(12(21-27-9)10-7-5-4-6-8-10)15(23)20-13-16(24)22-14(18(25)26)19(2,3)28-17(13)22/h4-8,13-14,17H,1-3H3,(H,20,23)(H,25,26)/t13-,14-,17+/m1/s1. The number of β-lactam (4-membered cyclic amide) rings is 1. The van der Waals surface area contributed by atoms with E-state index in [1.165, 1.54) is 16.7 Å². The van der Waals surface area contributed by atoms with Crippen LogP contribution in [0.5, 0.6) is 0 Å². The van der Waals surface area contributed by atoms with Crippen molar-refractivity contribution >= 4 is 29.5 Å². The fraction of sp³-hybridized carbons (Fsp3) is 0.368. The highest BCUT2D eigenvalue weighted by molar-refractivity contribution is 8.01. The van der Waals surface area contributed by atoms with Crippen LogP contribution in [0.2, 0.25) is 0 Å². The van der Waals surface area contributed by atoms with Gasteiger partial charge in [-0.25, -0.2) is 4.79 Å². The van der Waals surface area contributed by atoms with Crippen LogP contribution in [-0.4, -0.2) is 55.2 Å². The molecule has 0 bridgehead atoms. The Hall–Kier alpha value is -2.81. The Kier molecular flexibility index (Phi) is 4.22. The number of carbonyl (C=O) groups excluding carboxylic acids is 2. The topological polar surface area (TPSA) is 113 Å². The molecule has 0 spiro atoms. The number of aromatic nitrogens is 1. The molecule has 3 heterocycles. The molecule has 2 aromatic rings. The lowest BCUT2D eigenvalue weighted by atomic mass is 9.95. The maximum absolute atomic E-state index is 12.9. The summed E-state index contributed by atoms with van der Waals surface area (Å²) in [6.07, 6.45) is 0. The molecule has 2 amide bonds. The number of carbonyl (C=O) groups is 3. The largest absolute Gasteiger partial charge is 0.480 e. The van der Waals surface area contributed by atoms with Crippen LogP contribution in [0.3, 0.4) is 0 Å². The summed E-state index contributed by atoms with van der Waals surface area (Å²) in [7, 11) is 0. The van der Waals surface area contributed by atoms with E-state index in [9.17, 15) is 19.5 Å². The van der Waals surface area contributed by atoms with Crippen molar-refractivity contribution in [3.63, 3.8) is 0 Å². The van der Waals surface area contributed by atoms with Crippen molar-refractivity contribution in [3.05, 3.63) is 41.7 Å². The van der Waals surface area contributed by atoms with Crippen LogP contribution >= 0.6 is 11.8 Å². The van der Waals surface area contributed by atoms with Gasteiger partial charge >= 0.3 is 5.97 Å². The number of aliphatic carboxylic acids is 1. The SMILES string of the molecule is Cc1onc(-c2ccccc2)c1C(=O)N[C@@H]1C(=O)N2[C@H]1SC(C)(C)[C@H]2C(=O)O. The quantitative estimate of drug-likeness (QED) is 0.752. The van der Waals surface area contributed by atoms with Gasteiger partial charge < -0.3 is 19.8 Å². The van der Waals surface area contributed by atoms with Crippen LogP contribution in [0.4, 0.5) is 0 Å². The highest BCUT2D eigenvalue weighted by Gasteiger charge is 2.64. The first-order chi connectivity index (χ1) is 13.2. The van der Waals surface area contributed by atoms with Crippen molar-refractivity contribution in [1.82, 2.24) is 15.4 Å². The lowest BCUT2D eigenvalue weighted by molar-refractivity contribution is -0.159. The molecule has 0 aliphatic carbocycles. The van der Waals surface area contributed by atoms with Crippen LogP contribution in [0.15, 0.2) is 34.9 Å². The Balaban J connectivity index is 1.58. The van der Waals surface area contributed by atoms with E-state index in [4.69, 9.17) is 4.52 Å². The van der Waals surface area contributed by atoms with Crippen LogP contribution in [-0.2, 0) is 9.59 Å². The number of benzene rings is 1. The van der Waals surface area contributed by atoms with Crippen LogP contribution < -0.4 is 5.32 Å². The number of carboxylic acids is 1. The second kappa shape index (κ2) is 6.37. The Labute approximate surface area is 165 Å². The number of nitrogens with zero attached hydrogens (tertiary/aromatic N) is 2. The van der Waals surface area contributed by atoms with Crippen molar-refractivity contribution in [2.24, 2.45) is 0 Å². The number of hydrogen-bond acceptors (Lipinski definition) is 6. The van der Waals surface area contributed by atoms with Crippen LogP contribution in [0, 0.1) is 6.92 Å². The van der Waals surface area contributed by atoms with Crippen molar-refractivity contribution in [1.29, 1.82) is 0 Å². The third kappa shape index (κ3) is 2.69. The van der Waals surface area contributed by atoms with Gasteiger partial charge in [0.2, 0.25) is 5.91 Å². The zero-order valence-corrected chi connectivity index (χ0v) is 16.3. The fourth-order valence-corrected chi connectivity index (χ4v) is 5.42. The van der Waals surface area contributed by atoms with Gasteiger partial charge in [0.05, 0.1) is 0 Å². The van der Waals surface area contributed by atoms with Crippen LogP contribution in [0.1, 0.15) is 30.0 Å². The van der Waals surface area contributed by atoms with Crippen molar-refractivity contribution < 1.29 is 24.0 Å². The number of amides is 2. The summed E-state index contributed by atoms with van der Waals surface area (Å²) in [5.74, 6) is -1.55. The second-order valence-corrected chi connectivity index (χ2v) is 9.15. The molecule has 146 valence electrons. The van der Waals surface area contributed by atoms with Gasteiger partial charge in [-0.1, -0.05) is 35.5 Å². The third-order valence-electron chi connectivity index (χ3n) is 5.10. The Morgan fingerprint density at radius 2 is 1.96 bits per heavy atom. The molecule has 0 saturated carbocycles. The highest BCUT2D eigenvalue weighted by Crippen LogP contribution is 2.50. The van der Waals surface area contributed by atoms with Crippen LogP contribution in [0.25, 0.3) is 11.3 Å². The minimum atomic E-state index is -1.04. The second-order valence-electron chi connectivity index (χ2n) is 7.38. The molecule has 9 heteroatoms. The molecule has 3 atom stereocenters. The molecular weight excluding hydrogens is 382 g/mol. The summed E-state index contributed by atoms with van der Waals surface area (Å²) < 4.78 is 4.57. The zero-order chi connectivity index (χ0) is 20.2. The molecule has 1 aromatic carbocycles. The predicted octanol–water partition coefficient (Wildman–Crippen LogP) is 1.90. The fourth-order valence-electron chi connectivity index (χ4n) is 3.79. The molecule has 1 aromatic heterocycles. The van der Waals surface area contributed by atoms with Gasteiger partial charge in [-0.05, 0) is 20.8 Å². The number of thioether (sulfide) groups is 1. The zero-order valence-electron chi connectivity index (χ0n) is 15.5. The minimum Gasteiger partial charge on any atom is -0.480 e. The average Bonchev–Trinajstić information content (AvgIpc) is 3.15. The number of rotatable bonds is 4. The first-order valence-electron chi connectivity index (χ1n) is 8.77. The van der Waals surface area contributed by atoms with E-state index in [0.717, 1.165) is 5.56 Å². The summed E-state index contributed by atoms with van der Waals surface area (Å²) in [5.41, 5.74) is 1.41. The van der Waals surface area contributed by atoms with Crippen molar-refractivity contribution in [3.8, 4) is 11.3 Å². The molecule has 28 heavy (non-hydrogen) atoms. The number of fused-ring (bicyclic) bond motifs is 1. The first kappa shape index (κ1) is 18.5. The molecule has 2 aliphatic rings. The molecule has 4 rings (SSSR count). The smallest absolute Gasteiger partial charge is 0.327 e. The molecule has 2 aliphatic heterocycles. The van der Waals surface area contributed by atoms with E-state index >= 15 is 0 Å². The lowest BCUT2D eigenvalue weighted by Crippen LogP contribution is -2.70. The monoisotopic (exact) mass is 401 g/mol. The predicted molar refractivity (Wildman–Crippen MR) is 102 cm³/mol. The van der Waals surface area contributed by atoms with Gasteiger partial charge in [0.25, 0.3) is 5.91 Å². The van der Waals surface area contributed by atoms with E-state index in [0.29, 0.717) is 11.5 Å². The van der Waals surface area contributed by atoms with Gasteiger partial charge in [0.1, 0.15) is 34.5 Å². The Bertz CT molecular complexity index is 971. The van der Waals surface area contributed by atoms with E-state index in [1.54, 1.807) is 20.8 Å². The lowest BCUT2D eigenvalue weighted by Gasteiger charge is -2.43. The Morgan fingerprint density at radius 3 is 2.61 bits per heavy atom. The molecule has 0 radical (unpaired) electrons. The van der Waals surface area contributed by atoms with E-state index in [-0.39, 0.29) is 11.5 Å². The van der Waals surface area contributed by atoms with E-state index < -0.39 is 34.1 Å². The van der Waals surface area contributed by atoms with Gasteiger partial charge in [-0.3, -0.25) is 9.59 Å². The summed E-state index contributed by atoms with van der Waals surface area (Å²) in [6, 6.07) is 7.46. The van der Waals surface area contributed by atoms with E-state index in [2.05, 4.69) is 10.5 Å². The summed E-state index contributed by atoms with van der Waals surface area (Å²) in [4.78, 5) is 38.5. The van der Waals surface area contributed by atoms with Crippen molar-refractivity contribution in [2.45, 2.75) is 43.0 Å². The van der Waals surface area contributed by atoms with Gasteiger partial charge in [0.15, 0.2) is 0 Å². The summed E-state index contributed by atoms with van der Waals surface area (Å²) >= 11 is 1.38. The van der Waals surface area contributed by atoms with Gasteiger partial charge in [0, 0.05) is 10.3 Å². The normalized spacial score (nSPS) is 25.2. The molecule has 8 nitrogen and oxygen atoms in total. The molecule has 2 N–H and O–H groups in total. The average molecular weight is 401 g/mol. The number of carboxylic acid groups (broad SMARTS) is 1. The molecule has 2 fully saturated rings. The maximum Gasteiger partial charge on any atom is 0.327 e. The van der Waals surface area contributed by atoms with Gasteiger partial charge in [-0.2, -0.15) is 0 Å². The molecule has 2 saturated heterocycles. The summed E-state index contributed by atoms with van der Waals surface area (Å²) in [6.45, 7) is 5.22.